The molecule has 0 spiro atoms. The molecule has 0 saturated carbocycles. The van der Waals surface area contributed by atoms with E-state index in [1.165, 1.54) is 0 Å². The first-order chi connectivity index (χ1) is 8.21. The summed E-state index contributed by atoms with van der Waals surface area (Å²) in [6.45, 7) is -0.543. The Morgan fingerprint density at radius 2 is 1.89 bits per heavy atom. The Labute approximate surface area is 98.2 Å². The predicted molar refractivity (Wildman–Crippen MR) is 51.3 cm³/mol. The second-order valence-electron chi connectivity index (χ2n) is 3.30. The van der Waals surface area contributed by atoms with Crippen LogP contribution in [0.3, 0.4) is 0 Å². The number of aromatic carboxylic acids is 1. The maximum Gasteiger partial charge on any atom is 0.471 e. The first kappa shape index (κ1) is 13.9. The third-order valence-electron chi connectivity index (χ3n) is 1.97. The van der Waals surface area contributed by atoms with Gasteiger partial charge in [0.05, 0.1) is 5.56 Å². The molecule has 4 nitrogen and oxygen atoms in total. The molecule has 0 aliphatic heterocycles. The Morgan fingerprint density at radius 3 is 2.39 bits per heavy atom. The molecule has 0 fully saturated rings. The molecule has 1 aromatic rings. The predicted octanol–water partition coefficient (Wildman–Crippen LogP) is 1.70. The fourth-order valence-corrected chi connectivity index (χ4v) is 1.13. The zero-order valence-electron chi connectivity index (χ0n) is 8.71. The van der Waals surface area contributed by atoms with E-state index >= 15 is 0 Å². The van der Waals surface area contributed by atoms with Gasteiger partial charge in [-0.3, -0.25) is 4.79 Å². The summed E-state index contributed by atoms with van der Waals surface area (Å²) in [4.78, 5) is 21.1. The number of alkyl halides is 3. The van der Waals surface area contributed by atoms with Crippen molar-refractivity contribution < 1.29 is 32.3 Å². The minimum atomic E-state index is -5.02. The molecule has 0 bridgehead atoms. The van der Waals surface area contributed by atoms with E-state index in [0.717, 1.165) is 18.2 Å². The third kappa shape index (κ3) is 3.44. The largest absolute Gasteiger partial charge is 0.478 e. The number of amides is 1. The van der Waals surface area contributed by atoms with Crippen LogP contribution in [0, 0.1) is 5.82 Å². The van der Waals surface area contributed by atoms with Crippen molar-refractivity contribution in [2.24, 2.45) is 0 Å². The highest BCUT2D eigenvalue weighted by atomic mass is 19.4. The molecule has 98 valence electrons. The molecule has 1 aromatic carbocycles. The average molecular weight is 265 g/mol. The van der Waals surface area contributed by atoms with Gasteiger partial charge in [-0.25, -0.2) is 9.18 Å². The van der Waals surface area contributed by atoms with E-state index in [-0.39, 0.29) is 5.56 Å². The number of benzene rings is 1. The van der Waals surface area contributed by atoms with E-state index in [2.05, 4.69) is 0 Å². The molecule has 18 heavy (non-hydrogen) atoms. The van der Waals surface area contributed by atoms with Crippen molar-refractivity contribution in [2.75, 3.05) is 0 Å². The highest BCUT2D eigenvalue weighted by Gasteiger charge is 2.38. The fraction of sp³-hybridized carbons (Fsp3) is 0.200. The number of carbonyl (C=O) groups is 2. The van der Waals surface area contributed by atoms with Gasteiger partial charge in [-0.2, -0.15) is 13.2 Å². The number of rotatable bonds is 3. The lowest BCUT2D eigenvalue weighted by atomic mass is 10.1. The van der Waals surface area contributed by atoms with E-state index in [4.69, 9.17) is 5.11 Å². The summed E-state index contributed by atoms with van der Waals surface area (Å²) in [6.07, 6.45) is -5.02. The van der Waals surface area contributed by atoms with Gasteiger partial charge in [-0.1, -0.05) is 6.07 Å². The van der Waals surface area contributed by atoms with E-state index in [0.29, 0.717) is 0 Å². The van der Waals surface area contributed by atoms with Gasteiger partial charge in [-0.05, 0) is 17.7 Å². The summed E-state index contributed by atoms with van der Waals surface area (Å²) >= 11 is 0. The lowest BCUT2D eigenvalue weighted by molar-refractivity contribution is -0.173. The summed E-state index contributed by atoms with van der Waals surface area (Å²) in [5.74, 6) is -4.70. The molecule has 8 heteroatoms. The molecule has 0 aliphatic carbocycles. The van der Waals surface area contributed by atoms with Crippen LogP contribution in [0.25, 0.3) is 0 Å². The summed E-state index contributed by atoms with van der Waals surface area (Å²) in [7, 11) is 0. The summed E-state index contributed by atoms with van der Waals surface area (Å²) in [5.41, 5.74) is -0.625. The molecule has 1 amide bonds. The van der Waals surface area contributed by atoms with Crippen LogP contribution in [0.2, 0.25) is 0 Å². The second kappa shape index (κ2) is 5.03. The molecule has 0 aromatic heterocycles. The zero-order chi connectivity index (χ0) is 13.9. The fourth-order valence-electron chi connectivity index (χ4n) is 1.13. The van der Waals surface area contributed by atoms with E-state index in [9.17, 15) is 27.2 Å². The van der Waals surface area contributed by atoms with Crippen molar-refractivity contribution in [3.63, 3.8) is 0 Å². The van der Waals surface area contributed by atoms with Crippen molar-refractivity contribution in [1.82, 2.24) is 5.32 Å². The average Bonchev–Trinajstić information content (AvgIpc) is 2.25. The monoisotopic (exact) mass is 265 g/mol. The molecule has 0 atom stereocenters. The maximum atomic E-state index is 13.0. The van der Waals surface area contributed by atoms with Crippen LogP contribution in [0.4, 0.5) is 17.6 Å². The summed E-state index contributed by atoms with van der Waals surface area (Å²) in [6, 6.07) is 2.74. The van der Waals surface area contributed by atoms with Crippen molar-refractivity contribution in [3.8, 4) is 0 Å². The van der Waals surface area contributed by atoms with Gasteiger partial charge < -0.3 is 10.4 Å². The van der Waals surface area contributed by atoms with Crippen molar-refractivity contribution >= 4 is 11.9 Å². The standard InChI is InChI=1S/C10H7F4NO3/c11-7-2-1-5(3-6(7)8(16)17)4-15-9(18)10(12,13)14/h1-3H,4H2,(H,15,18)(H,16,17). The highest BCUT2D eigenvalue weighted by molar-refractivity contribution is 5.88. The smallest absolute Gasteiger partial charge is 0.471 e. The SMILES string of the molecule is O=C(O)c1cc(CNC(=O)C(F)(F)F)ccc1F. The van der Waals surface area contributed by atoms with Crippen LogP contribution in [-0.4, -0.2) is 23.2 Å². The topological polar surface area (TPSA) is 66.4 Å². The van der Waals surface area contributed by atoms with Crippen LogP contribution in [-0.2, 0) is 11.3 Å². The quantitative estimate of drug-likeness (QED) is 0.817. The Bertz CT molecular complexity index is 485. The first-order valence-corrected chi connectivity index (χ1v) is 4.58. The summed E-state index contributed by atoms with van der Waals surface area (Å²) < 4.78 is 48.5. The van der Waals surface area contributed by atoms with Crippen LogP contribution in [0.1, 0.15) is 15.9 Å². The molecule has 0 unspecified atom stereocenters. The van der Waals surface area contributed by atoms with Crippen LogP contribution >= 0.6 is 0 Å². The Kier molecular flexibility index (Phi) is 3.89. The van der Waals surface area contributed by atoms with Crippen molar-refractivity contribution in [3.05, 3.63) is 35.1 Å². The Morgan fingerprint density at radius 1 is 1.28 bits per heavy atom. The van der Waals surface area contributed by atoms with Crippen LogP contribution < -0.4 is 5.32 Å². The van der Waals surface area contributed by atoms with Gasteiger partial charge in [0.2, 0.25) is 0 Å². The number of carbonyl (C=O) groups excluding carboxylic acids is 1. The third-order valence-corrected chi connectivity index (χ3v) is 1.97. The highest BCUT2D eigenvalue weighted by Crippen LogP contribution is 2.15. The second-order valence-corrected chi connectivity index (χ2v) is 3.30. The van der Waals surface area contributed by atoms with Gasteiger partial charge in [0.1, 0.15) is 5.82 Å². The minimum absolute atomic E-state index is 0.0476. The Hall–Kier alpha value is -2.12. The molecule has 0 radical (unpaired) electrons. The maximum absolute atomic E-state index is 13.0. The number of carboxylic acids is 1. The van der Waals surface area contributed by atoms with Gasteiger partial charge in [-0.15, -0.1) is 0 Å². The van der Waals surface area contributed by atoms with Gasteiger partial charge in [0.15, 0.2) is 0 Å². The molecular weight excluding hydrogens is 258 g/mol. The van der Waals surface area contributed by atoms with Crippen LogP contribution in [0.5, 0.6) is 0 Å². The van der Waals surface area contributed by atoms with Gasteiger partial charge in [0, 0.05) is 6.54 Å². The number of hydrogen-bond acceptors (Lipinski definition) is 2. The van der Waals surface area contributed by atoms with Gasteiger partial charge in [0.25, 0.3) is 0 Å². The minimum Gasteiger partial charge on any atom is -0.478 e. The molecule has 0 heterocycles. The first-order valence-electron chi connectivity index (χ1n) is 4.58. The lowest BCUT2D eigenvalue weighted by Gasteiger charge is -2.08. The summed E-state index contributed by atoms with van der Waals surface area (Å²) in [5, 5.41) is 10.1. The zero-order valence-corrected chi connectivity index (χ0v) is 8.71. The molecule has 0 aliphatic rings. The molecular formula is C10H7F4NO3. The number of carboxylic acid groups (broad SMARTS) is 1. The van der Waals surface area contributed by atoms with E-state index < -0.39 is 36.0 Å². The number of hydrogen-bond donors (Lipinski definition) is 2. The van der Waals surface area contributed by atoms with Crippen molar-refractivity contribution in [1.29, 1.82) is 0 Å². The lowest BCUT2D eigenvalue weighted by Crippen LogP contribution is -2.36. The molecule has 0 saturated heterocycles. The molecule has 1 rings (SSSR count). The van der Waals surface area contributed by atoms with E-state index in [1.807, 2.05) is 0 Å². The Balaban J connectivity index is 2.78. The number of nitrogens with one attached hydrogen (secondary N) is 1. The van der Waals surface area contributed by atoms with Crippen LogP contribution in [0.15, 0.2) is 18.2 Å². The van der Waals surface area contributed by atoms with E-state index in [1.54, 1.807) is 5.32 Å². The van der Waals surface area contributed by atoms with Crippen molar-refractivity contribution in [2.45, 2.75) is 12.7 Å². The van der Waals surface area contributed by atoms with Gasteiger partial charge >= 0.3 is 18.1 Å². The normalized spacial score (nSPS) is 11.1. The number of halogens is 4. The molecule has 2 N–H and O–H groups in total.